The lowest BCUT2D eigenvalue weighted by atomic mass is 10.1. The summed E-state index contributed by atoms with van der Waals surface area (Å²) in [5.74, 6) is 0.437. The highest BCUT2D eigenvalue weighted by molar-refractivity contribution is 5.05. The number of aromatic nitrogens is 2. The lowest BCUT2D eigenvalue weighted by molar-refractivity contribution is -0.950. The number of aromatic amines is 1. The second-order valence-corrected chi connectivity index (χ2v) is 2.82. The Morgan fingerprint density at radius 2 is 2.20 bits per heavy atom. The maximum atomic E-state index is 9.05. The van der Waals surface area contributed by atoms with Crippen LogP contribution < -0.4 is 4.85 Å². The molecule has 0 unspecified atom stereocenters. The van der Waals surface area contributed by atoms with Gasteiger partial charge in [0, 0.05) is 13.0 Å². The average Bonchev–Trinajstić information content (AvgIpc) is 2.13. The van der Waals surface area contributed by atoms with E-state index in [0.29, 0.717) is 5.92 Å². The summed E-state index contributed by atoms with van der Waals surface area (Å²) >= 11 is 0. The molecular weight excluding hydrogens is 128 g/mol. The van der Waals surface area contributed by atoms with Gasteiger partial charge in [0.05, 0.1) is 10.5 Å². The molecule has 0 bridgehead atoms. The highest BCUT2D eigenvalue weighted by atomic mass is 16.5. The molecule has 0 aliphatic rings. The van der Waals surface area contributed by atoms with Crippen LogP contribution in [0.4, 0.5) is 0 Å². The topological polar surface area (TPSA) is 39.9 Å². The molecule has 2 N–H and O–H groups in total. The van der Waals surface area contributed by atoms with E-state index in [4.69, 9.17) is 5.21 Å². The second kappa shape index (κ2) is 2.33. The lowest BCUT2D eigenvalue weighted by Crippen LogP contribution is -2.34. The maximum Gasteiger partial charge on any atom is 0.262 e. The number of hydrogen-bond acceptors (Lipinski definition) is 1. The summed E-state index contributed by atoms with van der Waals surface area (Å²) in [6, 6.07) is 1.94. The molecule has 0 atom stereocenters. The van der Waals surface area contributed by atoms with E-state index >= 15 is 0 Å². The fourth-order valence-corrected chi connectivity index (χ4v) is 0.825. The third-order valence-corrected chi connectivity index (χ3v) is 1.56. The third kappa shape index (κ3) is 1.12. The van der Waals surface area contributed by atoms with E-state index < -0.39 is 0 Å². The predicted molar refractivity (Wildman–Crippen MR) is 37.0 cm³/mol. The lowest BCUT2D eigenvalue weighted by Gasteiger charge is -1.92. The van der Waals surface area contributed by atoms with E-state index in [-0.39, 0.29) is 0 Å². The number of hydrogen-bond donors (Lipinski definition) is 2. The molecule has 3 heteroatoms. The van der Waals surface area contributed by atoms with E-state index in [2.05, 4.69) is 18.9 Å². The fraction of sp³-hybridized carbons (Fsp3) is 0.571. The molecule has 0 aliphatic carbocycles. The molecule has 0 amide bonds. The minimum Gasteiger partial charge on any atom is -0.261 e. The van der Waals surface area contributed by atoms with Crippen molar-refractivity contribution in [3.8, 4) is 0 Å². The first-order chi connectivity index (χ1) is 4.61. The van der Waals surface area contributed by atoms with Gasteiger partial charge < -0.3 is 0 Å². The van der Waals surface area contributed by atoms with Gasteiger partial charge in [0.25, 0.3) is 5.69 Å². The van der Waals surface area contributed by atoms with E-state index in [9.17, 15) is 0 Å². The molecule has 10 heavy (non-hydrogen) atoms. The van der Waals surface area contributed by atoms with Crippen LogP contribution in [0.1, 0.15) is 31.2 Å². The number of rotatable bonds is 1. The van der Waals surface area contributed by atoms with E-state index in [1.54, 1.807) is 0 Å². The SMILES string of the molecule is Cc1cc(C(C)C)[nH][n+]1O. The van der Waals surface area contributed by atoms with Crippen LogP contribution in [0.25, 0.3) is 0 Å². The average molecular weight is 141 g/mol. The van der Waals surface area contributed by atoms with E-state index in [0.717, 1.165) is 16.2 Å². The van der Waals surface area contributed by atoms with Gasteiger partial charge in [0.15, 0.2) is 0 Å². The Labute approximate surface area is 60.2 Å². The summed E-state index contributed by atoms with van der Waals surface area (Å²) in [6.45, 7) is 6.00. The van der Waals surface area contributed by atoms with Crippen LogP contribution in [0.2, 0.25) is 0 Å². The number of aryl methyl sites for hydroxylation is 1. The van der Waals surface area contributed by atoms with Crippen LogP contribution in [-0.2, 0) is 0 Å². The standard InChI is InChI=1S/C7H12N2O/c1-5(2)7-4-6(3)9(10)8-7/h4-5,10H,1-3H3/p+1. The highest BCUT2D eigenvalue weighted by Crippen LogP contribution is 2.09. The molecule has 0 radical (unpaired) electrons. The summed E-state index contributed by atoms with van der Waals surface area (Å²) in [5.41, 5.74) is 1.89. The van der Waals surface area contributed by atoms with Crippen molar-refractivity contribution in [3.05, 3.63) is 17.5 Å². The van der Waals surface area contributed by atoms with Crippen molar-refractivity contribution < 1.29 is 10.1 Å². The molecule has 1 rings (SSSR count). The molecule has 0 saturated heterocycles. The molecule has 0 aliphatic heterocycles. The van der Waals surface area contributed by atoms with Crippen molar-refractivity contribution in [3.63, 3.8) is 0 Å². The van der Waals surface area contributed by atoms with Gasteiger partial charge in [-0.15, -0.1) is 5.10 Å². The van der Waals surface area contributed by atoms with Crippen LogP contribution in [0.15, 0.2) is 6.07 Å². The zero-order valence-corrected chi connectivity index (χ0v) is 6.55. The van der Waals surface area contributed by atoms with Gasteiger partial charge in [0.1, 0.15) is 0 Å². The number of H-pyrrole nitrogens is 1. The van der Waals surface area contributed by atoms with Crippen molar-refractivity contribution >= 4 is 0 Å². The van der Waals surface area contributed by atoms with Gasteiger partial charge in [-0.3, -0.25) is 5.21 Å². The van der Waals surface area contributed by atoms with Crippen LogP contribution in [-0.4, -0.2) is 10.3 Å². The van der Waals surface area contributed by atoms with Crippen molar-refractivity contribution in [1.82, 2.24) is 5.10 Å². The smallest absolute Gasteiger partial charge is 0.261 e. The first kappa shape index (κ1) is 7.12. The van der Waals surface area contributed by atoms with Crippen LogP contribution >= 0.6 is 0 Å². The first-order valence-corrected chi connectivity index (χ1v) is 3.42. The molecule has 3 nitrogen and oxygen atoms in total. The fourth-order valence-electron chi connectivity index (χ4n) is 0.825. The minimum absolute atomic E-state index is 0.437. The Morgan fingerprint density at radius 3 is 2.40 bits per heavy atom. The highest BCUT2D eigenvalue weighted by Gasteiger charge is 2.12. The zero-order chi connectivity index (χ0) is 7.72. The molecule has 56 valence electrons. The van der Waals surface area contributed by atoms with Gasteiger partial charge in [-0.25, -0.2) is 0 Å². The van der Waals surface area contributed by atoms with E-state index in [1.165, 1.54) is 0 Å². The summed E-state index contributed by atoms with van der Waals surface area (Å²) in [6.07, 6.45) is 0. The van der Waals surface area contributed by atoms with Gasteiger partial charge in [0.2, 0.25) is 0 Å². The van der Waals surface area contributed by atoms with Gasteiger partial charge in [-0.1, -0.05) is 13.8 Å². The summed E-state index contributed by atoms with van der Waals surface area (Å²) < 4.78 is 0. The largest absolute Gasteiger partial charge is 0.262 e. The molecule has 0 aromatic carbocycles. The van der Waals surface area contributed by atoms with Crippen molar-refractivity contribution in [2.75, 3.05) is 0 Å². The number of nitrogens with zero attached hydrogens (tertiary/aromatic N) is 1. The molecule has 1 aromatic heterocycles. The van der Waals surface area contributed by atoms with Gasteiger partial charge in [-0.05, 0) is 5.92 Å². The Bertz CT molecular complexity index is 208. The summed E-state index contributed by atoms with van der Waals surface area (Å²) in [7, 11) is 0. The zero-order valence-electron chi connectivity index (χ0n) is 6.55. The Balaban J connectivity index is 2.98. The van der Waals surface area contributed by atoms with E-state index in [1.807, 2.05) is 13.0 Å². The molecule has 1 aromatic rings. The monoisotopic (exact) mass is 141 g/mol. The molecule has 0 saturated carbocycles. The maximum absolute atomic E-state index is 9.05. The van der Waals surface area contributed by atoms with Crippen molar-refractivity contribution in [2.45, 2.75) is 26.7 Å². The normalized spacial score (nSPS) is 10.8. The second-order valence-electron chi connectivity index (χ2n) is 2.82. The quantitative estimate of drug-likeness (QED) is 0.444. The van der Waals surface area contributed by atoms with Crippen LogP contribution in [0.5, 0.6) is 0 Å². The van der Waals surface area contributed by atoms with Crippen molar-refractivity contribution in [1.29, 1.82) is 0 Å². The Morgan fingerprint density at radius 1 is 1.60 bits per heavy atom. The van der Waals surface area contributed by atoms with Gasteiger partial charge >= 0.3 is 0 Å². The van der Waals surface area contributed by atoms with Crippen LogP contribution in [0.3, 0.4) is 0 Å². The molecule has 0 fully saturated rings. The predicted octanol–water partition coefficient (Wildman–Crippen LogP) is 0.971. The Kier molecular flexibility index (Phi) is 1.66. The minimum atomic E-state index is 0.437. The molecular formula is C7H13N2O+. The van der Waals surface area contributed by atoms with Crippen LogP contribution in [0, 0.1) is 6.92 Å². The summed E-state index contributed by atoms with van der Waals surface area (Å²) in [4.78, 5) is 1.04. The third-order valence-electron chi connectivity index (χ3n) is 1.56. The first-order valence-electron chi connectivity index (χ1n) is 3.42. The van der Waals surface area contributed by atoms with Gasteiger partial charge in [-0.2, -0.15) is 0 Å². The molecule has 0 spiro atoms. The Hall–Kier alpha value is -0.990. The van der Waals surface area contributed by atoms with Crippen molar-refractivity contribution in [2.24, 2.45) is 0 Å². The number of nitrogens with one attached hydrogen (secondary N) is 1. The summed E-state index contributed by atoms with van der Waals surface area (Å²) in [5, 5.41) is 11.9. The molecule has 1 heterocycles.